The number of fused-ring (bicyclic) bond motifs is 1. The number of nitrogens with zero attached hydrogens (tertiary/aromatic N) is 2. The van der Waals surface area contributed by atoms with Crippen LogP contribution in [-0.4, -0.2) is 33.2 Å². The maximum Gasteiger partial charge on any atom is 0.358 e. The van der Waals surface area contributed by atoms with Crippen LogP contribution in [0.1, 0.15) is 27.9 Å². The van der Waals surface area contributed by atoms with Gasteiger partial charge < -0.3 is 15.0 Å². The van der Waals surface area contributed by atoms with Gasteiger partial charge in [-0.1, -0.05) is 6.07 Å². The van der Waals surface area contributed by atoms with Crippen molar-refractivity contribution in [1.29, 1.82) is 0 Å². The number of carbonyl (C=O) groups excluding carboxylic acids is 2. The lowest BCUT2D eigenvalue weighted by molar-refractivity contribution is 0.0519. The van der Waals surface area contributed by atoms with Crippen LogP contribution in [-0.2, 0) is 4.74 Å². The second-order valence-electron chi connectivity index (χ2n) is 6.29. The molecular formula is C21H17FN4O3. The van der Waals surface area contributed by atoms with Gasteiger partial charge in [-0.3, -0.25) is 4.79 Å². The van der Waals surface area contributed by atoms with Crippen molar-refractivity contribution in [2.75, 3.05) is 11.9 Å². The summed E-state index contributed by atoms with van der Waals surface area (Å²) in [5.74, 6) is -1.21. The standard InChI is InChI=1S/C21H17FN4O3/c1-2-29-21(28)18-8-9-26(25-18)16-5-3-4-15(12-16)23-20(27)19-11-13-10-14(22)6-7-17(13)24-19/h3-12,24H,2H2,1H3,(H,23,27). The number of halogens is 1. The molecule has 7 nitrogen and oxygen atoms in total. The molecule has 1 amide bonds. The Morgan fingerprint density at radius 3 is 2.86 bits per heavy atom. The normalized spacial score (nSPS) is 10.8. The third kappa shape index (κ3) is 3.86. The second kappa shape index (κ2) is 7.59. The van der Waals surface area contributed by atoms with Crippen LogP contribution in [0.3, 0.4) is 0 Å². The minimum atomic E-state index is -0.494. The first-order chi connectivity index (χ1) is 14.0. The van der Waals surface area contributed by atoms with Crippen molar-refractivity contribution in [3.05, 3.63) is 78.0 Å². The van der Waals surface area contributed by atoms with Gasteiger partial charge in [0.05, 0.1) is 12.3 Å². The number of rotatable bonds is 5. The van der Waals surface area contributed by atoms with Crippen LogP contribution in [0.4, 0.5) is 10.1 Å². The van der Waals surface area contributed by atoms with E-state index >= 15 is 0 Å². The zero-order chi connectivity index (χ0) is 20.4. The number of ether oxygens (including phenoxy) is 1. The molecule has 0 atom stereocenters. The highest BCUT2D eigenvalue weighted by Crippen LogP contribution is 2.19. The Balaban J connectivity index is 1.54. The molecule has 0 aliphatic heterocycles. The van der Waals surface area contributed by atoms with Gasteiger partial charge in [0.2, 0.25) is 0 Å². The summed E-state index contributed by atoms with van der Waals surface area (Å²) in [4.78, 5) is 27.3. The van der Waals surface area contributed by atoms with Gasteiger partial charge in [0.1, 0.15) is 11.5 Å². The predicted molar refractivity (Wildman–Crippen MR) is 106 cm³/mol. The SMILES string of the molecule is CCOC(=O)c1ccn(-c2cccc(NC(=O)c3cc4cc(F)ccc4[nH]3)c2)n1. The summed E-state index contributed by atoms with van der Waals surface area (Å²) in [7, 11) is 0. The van der Waals surface area contributed by atoms with Gasteiger partial charge in [-0.2, -0.15) is 5.10 Å². The van der Waals surface area contributed by atoms with E-state index in [1.165, 1.54) is 16.8 Å². The van der Waals surface area contributed by atoms with E-state index in [0.29, 0.717) is 28.0 Å². The molecule has 2 N–H and O–H groups in total. The molecule has 29 heavy (non-hydrogen) atoms. The lowest BCUT2D eigenvalue weighted by atomic mass is 10.2. The van der Waals surface area contributed by atoms with Crippen LogP contribution in [0.15, 0.2) is 60.8 Å². The monoisotopic (exact) mass is 392 g/mol. The molecule has 0 saturated heterocycles. The Morgan fingerprint density at radius 1 is 1.17 bits per heavy atom. The number of nitrogens with one attached hydrogen (secondary N) is 2. The third-order valence-electron chi connectivity index (χ3n) is 4.27. The van der Waals surface area contributed by atoms with E-state index < -0.39 is 5.97 Å². The van der Waals surface area contributed by atoms with E-state index in [1.54, 1.807) is 55.6 Å². The molecule has 2 aromatic heterocycles. The van der Waals surface area contributed by atoms with E-state index in [2.05, 4.69) is 15.4 Å². The van der Waals surface area contributed by atoms with Crippen LogP contribution >= 0.6 is 0 Å². The van der Waals surface area contributed by atoms with Crippen LogP contribution in [0.5, 0.6) is 0 Å². The van der Waals surface area contributed by atoms with Gasteiger partial charge >= 0.3 is 5.97 Å². The lowest BCUT2D eigenvalue weighted by Crippen LogP contribution is -2.12. The van der Waals surface area contributed by atoms with Crippen molar-refractivity contribution in [2.45, 2.75) is 6.92 Å². The molecule has 0 aliphatic carbocycles. The highest BCUT2D eigenvalue weighted by atomic mass is 19.1. The Labute approximate surface area is 165 Å². The Bertz CT molecular complexity index is 1210. The Morgan fingerprint density at radius 2 is 2.03 bits per heavy atom. The lowest BCUT2D eigenvalue weighted by Gasteiger charge is -2.07. The zero-order valence-corrected chi connectivity index (χ0v) is 15.5. The van der Waals surface area contributed by atoms with Gasteiger partial charge in [0.25, 0.3) is 5.91 Å². The van der Waals surface area contributed by atoms with Crippen molar-refractivity contribution < 1.29 is 18.7 Å². The summed E-state index contributed by atoms with van der Waals surface area (Å²) in [6.45, 7) is 2.00. The van der Waals surface area contributed by atoms with Crippen LogP contribution < -0.4 is 5.32 Å². The molecule has 0 fully saturated rings. The van der Waals surface area contributed by atoms with Crippen LogP contribution in [0.2, 0.25) is 0 Å². The molecule has 8 heteroatoms. The van der Waals surface area contributed by atoms with E-state index in [0.717, 1.165) is 0 Å². The summed E-state index contributed by atoms with van der Waals surface area (Å²) in [6.07, 6.45) is 1.64. The van der Waals surface area contributed by atoms with Crippen molar-refractivity contribution >= 4 is 28.5 Å². The quantitative estimate of drug-likeness (QED) is 0.504. The third-order valence-corrected chi connectivity index (χ3v) is 4.27. The maximum atomic E-state index is 13.3. The van der Waals surface area contributed by atoms with Gasteiger partial charge in [0, 0.05) is 22.8 Å². The highest BCUT2D eigenvalue weighted by molar-refractivity contribution is 6.06. The largest absolute Gasteiger partial charge is 0.461 e. The van der Waals surface area contributed by atoms with E-state index in [9.17, 15) is 14.0 Å². The number of esters is 1. The molecule has 4 rings (SSSR count). The first kappa shape index (κ1) is 18.4. The number of benzene rings is 2. The summed E-state index contributed by atoms with van der Waals surface area (Å²) in [6, 6.07) is 14.5. The number of amides is 1. The molecule has 0 spiro atoms. The molecule has 0 bridgehead atoms. The fourth-order valence-electron chi connectivity index (χ4n) is 2.93. The van der Waals surface area contributed by atoms with Gasteiger partial charge in [-0.25, -0.2) is 13.9 Å². The summed E-state index contributed by atoms with van der Waals surface area (Å²) < 4.78 is 19.8. The number of aromatic nitrogens is 3. The summed E-state index contributed by atoms with van der Waals surface area (Å²) in [5, 5.41) is 7.62. The molecule has 0 saturated carbocycles. The zero-order valence-electron chi connectivity index (χ0n) is 15.5. The number of anilines is 1. The van der Waals surface area contributed by atoms with Crippen molar-refractivity contribution in [2.24, 2.45) is 0 Å². The molecule has 4 aromatic rings. The average Bonchev–Trinajstić information content (AvgIpc) is 3.35. The minimum Gasteiger partial charge on any atom is -0.461 e. The fourth-order valence-corrected chi connectivity index (χ4v) is 2.93. The van der Waals surface area contributed by atoms with Gasteiger partial charge in [-0.05, 0) is 55.5 Å². The molecule has 0 aliphatic rings. The smallest absolute Gasteiger partial charge is 0.358 e. The van der Waals surface area contributed by atoms with Crippen LogP contribution in [0.25, 0.3) is 16.6 Å². The van der Waals surface area contributed by atoms with Crippen molar-refractivity contribution in [3.63, 3.8) is 0 Å². The number of H-pyrrole nitrogens is 1. The van der Waals surface area contributed by atoms with E-state index in [4.69, 9.17) is 4.74 Å². The van der Waals surface area contributed by atoms with E-state index in [1.807, 2.05) is 0 Å². The molecule has 146 valence electrons. The molecule has 0 unspecified atom stereocenters. The number of hydrogen-bond donors (Lipinski definition) is 2. The minimum absolute atomic E-state index is 0.201. The van der Waals surface area contributed by atoms with Crippen molar-refractivity contribution in [1.82, 2.24) is 14.8 Å². The first-order valence-corrected chi connectivity index (χ1v) is 8.96. The number of aromatic amines is 1. The number of hydrogen-bond acceptors (Lipinski definition) is 4. The predicted octanol–water partition coefficient (Wildman–Crippen LogP) is 3.92. The molecule has 2 aromatic carbocycles. The molecular weight excluding hydrogens is 375 g/mol. The Hall–Kier alpha value is -3.94. The second-order valence-corrected chi connectivity index (χ2v) is 6.29. The van der Waals surface area contributed by atoms with Crippen LogP contribution in [0, 0.1) is 5.82 Å². The van der Waals surface area contributed by atoms with E-state index in [-0.39, 0.29) is 24.0 Å². The average molecular weight is 392 g/mol. The highest BCUT2D eigenvalue weighted by Gasteiger charge is 2.13. The number of carbonyl (C=O) groups is 2. The Kier molecular flexibility index (Phi) is 4.82. The van der Waals surface area contributed by atoms with Crippen molar-refractivity contribution in [3.8, 4) is 5.69 Å². The topological polar surface area (TPSA) is 89.0 Å². The fraction of sp³-hybridized carbons (Fsp3) is 0.0952. The summed E-state index contributed by atoms with van der Waals surface area (Å²) in [5.41, 5.74) is 2.40. The maximum absolute atomic E-state index is 13.3. The summed E-state index contributed by atoms with van der Waals surface area (Å²) >= 11 is 0. The first-order valence-electron chi connectivity index (χ1n) is 8.96. The molecule has 2 heterocycles. The van der Waals surface area contributed by atoms with Gasteiger partial charge in [-0.15, -0.1) is 0 Å². The van der Waals surface area contributed by atoms with Gasteiger partial charge in [0.15, 0.2) is 5.69 Å². The molecule has 0 radical (unpaired) electrons.